The predicted molar refractivity (Wildman–Crippen MR) is 55.2 cm³/mol. The van der Waals surface area contributed by atoms with Gasteiger partial charge in [0, 0.05) is 6.54 Å². The van der Waals surface area contributed by atoms with Gasteiger partial charge in [-0.05, 0) is 24.2 Å². The van der Waals surface area contributed by atoms with Crippen molar-refractivity contribution in [3.8, 4) is 0 Å². The molecule has 0 aromatic heterocycles. The Kier molecular flexibility index (Phi) is 2.76. The monoisotopic (exact) mass is 261 g/mol. The molecule has 0 unspecified atom stereocenters. The SMILES string of the molecule is CCNCc1cccc(S(F)(F)(F)(F)F)c1. The van der Waals surface area contributed by atoms with E-state index < -0.39 is 15.1 Å². The molecule has 1 N–H and O–H groups in total. The van der Waals surface area contributed by atoms with Crippen LogP contribution < -0.4 is 5.32 Å². The molecule has 0 saturated heterocycles. The van der Waals surface area contributed by atoms with Crippen LogP contribution in [0.15, 0.2) is 29.2 Å². The van der Waals surface area contributed by atoms with Crippen LogP contribution in [-0.2, 0) is 6.54 Å². The van der Waals surface area contributed by atoms with Crippen LogP contribution in [0, 0.1) is 0 Å². The first-order valence-corrected chi connectivity index (χ1v) is 6.52. The first kappa shape index (κ1) is 13.2. The third-order valence-electron chi connectivity index (χ3n) is 1.92. The molecule has 0 aliphatic carbocycles. The van der Waals surface area contributed by atoms with Crippen LogP contribution in [0.4, 0.5) is 19.4 Å². The average molecular weight is 261 g/mol. The van der Waals surface area contributed by atoms with Gasteiger partial charge in [0.1, 0.15) is 4.90 Å². The fourth-order valence-electron chi connectivity index (χ4n) is 1.16. The van der Waals surface area contributed by atoms with E-state index in [4.69, 9.17) is 0 Å². The van der Waals surface area contributed by atoms with Crippen molar-refractivity contribution >= 4 is 10.2 Å². The molecule has 94 valence electrons. The predicted octanol–water partition coefficient (Wildman–Crippen LogP) is 4.45. The molecule has 1 nitrogen and oxygen atoms in total. The maximum atomic E-state index is 12.4. The molecule has 0 amide bonds. The second-order valence-electron chi connectivity index (χ2n) is 3.40. The number of benzene rings is 1. The van der Waals surface area contributed by atoms with Crippen molar-refractivity contribution < 1.29 is 19.4 Å². The molecule has 0 aliphatic heterocycles. The van der Waals surface area contributed by atoms with Gasteiger partial charge in [0.25, 0.3) is 0 Å². The van der Waals surface area contributed by atoms with Gasteiger partial charge in [-0.3, -0.25) is 0 Å². The van der Waals surface area contributed by atoms with E-state index in [1.54, 1.807) is 6.92 Å². The molecule has 0 spiro atoms. The van der Waals surface area contributed by atoms with Gasteiger partial charge < -0.3 is 5.32 Å². The summed E-state index contributed by atoms with van der Waals surface area (Å²) in [6.07, 6.45) is 0. The zero-order valence-corrected chi connectivity index (χ0v) is 9.34. The highest BCUT2D eigenvalue weighted by Gasteiger charge is 2.65. The molecule has 0 saturated carbocycles. The highest BCUT2D eigenvalue weighted by atomic mass is 32.5. The molecular weight excluding hydrogens is 249 g/mol. The topological polar surface area (TPSA) is 12.0 Å². The summed E-state index contributed by atoms with van der Waals surface area (Å²) in [7, 11) is -9.53. The molecule has 1 aromatic carbocycles. The summed E-state index contributed by atoms with van der Waals surface area (Å²) >= 11 is 0. The number of hydrogen-bond donors (Lipinski definition) is 1. The summed E-state index contributed by atoms with van der Waals surface area (Å²) in [5.74, 6) is 0. The van der Waals surface area contributed by atoms with Gasteiger partial charge in [0.2, 0.25) is 0 Å². The van der Waals surface area contributed by atoms with Crippen LogP contribution in [0.3, 0.4) is 0 Å². The third-order valence-corrected chi connectivity index (χ3v) is 3.07. The van der Waals surface area contributed by atoms with Crippen LogP contribution in [0.25, 0.3) is 0 Å². The van der Waals surface area contributed by atoms with E-state index >= 15 is 0 Å². The van der Waals surface area contributed by atoms with E-state index in [0.29, 0.717) is 18.7 Å². The lowest BCUT2D eigenvalue weighted by Gasteiger charge is -2.40. The van der Waals surface area contributed by atoms with Gasteiger partial charge >= 0.3 is 10.2 Å². The minimum atomic E-state index is -9.53. The maximum Gasteiger partial charge on any atom is 0.310 e. The second-order valence-corrected chi connectivity index (χ2v) is 5.81. The summed E-state index contributed by atoms with van der Waals surface area (Å²) in [5, 5.41) is 2.77. The Labute approximate surface area is 90.4 Å². The van der Waals surface area contributed by atoms with Crippen molar-refractivity contribution in [2.24, 2.45) is 0 Å². The number of rotatable bonds is 4. The highest BCUT2D eigenvalue weighted by molar-refractivity contribution is 8.45. The minimum absolute atomic E-state index is 0.137. The maximum absolute atomic E-state index is 12.4. The molecule has 0 aliphatic rings. The fraction of sp³-hybridized carbons (Fsp3) is 0.333. The van der Waals surface area contributed by atoms with Crippen molar-refractivity contribution in [1.82, 2.24) is 5.32 Å². The summed E-state index contributed by atoms with van der Waals surface area (Å²) in [5.41, 5.74) is 0.188. The van der Waals surface area contributed by atoms with E-state index in [0.717, 1.165) is 6.07 Å². The lowest BCUT2D eigenvalue weighted by molar-refractivity contribution is 0.364. The Morgan fingerprint density at radius 2 is 1.75 bits per heavy atom. The Balaban J connectivity index is 3.10. The molecule has 0 bridgehead atoms. The molecule has 0 heterocycles. The van der Waals surface area contributed by atoms with E-state index in [1.165, 1.54) is 6.07 Å². The van der Waals surface area contributed by atoms with E-state index in [-0.39, 0.29) is 12.1 Å². The largest absolute Gasteiger partial charge is 0.313 e. The Bertz CT molecular complexity index is 385. The normalized spacial score (nSPS) is 16.6. The molecule has 0 fully saturated rings. The number of halogens is 5. The number of nitrogens with one attached hydrogen (secondary N) is 1. The van der Waals surface area contributed by atoms with Crippen molar-refractivity contribution in [3.63, 3.8) is 0 Å². The first-order chi connectivity index (χ1) is 7.03. The van der Waals surface area contributed by atoms with Crippen molar-refractivity contribution in [1.29, 1.82) is 0 Å². The van der Waals surface area contributed by atoms with Crippen molar-refractivity contribution in [3.05, 3.63) is 29.8 Å². The van der Waals surface area contributed by atoms with Gasteiger partial charge in [-0.1, -0.05) is 38.5 Å². The lowest BCUT2D eigenvalue weighted by Crippen LogP contribution is -2.13. The second kappa shape index (κ2) is 3.33. The van der Waals surface area contributed by atoms with Gasteiger partial charge in [-0.25, -0.2) is 0 Å². The minimum Gasteiger partial charge on any atom is -0.313 e. The van der Waals surface area contributed by atoms with Gasteiger partial charge in [0.15, 0.2) is 0 Å². The third kappa shape index (κ3) is 3.64. The van der Waals surface area contributed by atoms with Crippen LogP contribution in [0.5, 0.6) is 0 Å². The van der Waals surface area contributed by atoms with Gasteiger partial charge in [-0.2, -0.15) is 0 Å². The highest BCUT2D eigenvalue weighted by Crippen LogP contribution is 3.02. The molecule has 1 rings (SSSR count). The number of hydrogen-bond acceptors (Lipinski definition) is 1. The van der Waals surface area contributed by atoms with E-state index in [9.17, 15) is 19.4 Å². The summed E-state index contributed by atoms with van der Waals surface area (Å²) < 4.78 is 62.1. The smallest absolute Gasteiger partial charge is 0.310 e. The fourth-order valence-corrected chi connectivity index (χ4v) is 1.87. The average Bonchev–Trinajstić information content (AvgIpc) is 2.12. The molecule has 16 heavy (non-hydrogen) atoms. The van der Waals surface area contributed by atoms with Crippen molar-refractivity contribution in [2.45, 2.75) is 18.4 Å². The zero-order chi connectivity index (χ0) is 12.5. The molecule has 0 atom stereocenters. The van der Waals surface area contributed by atoms with E-state index in [1.807, 2.05) is 0 Å². The molecule has 1 aromatic rings. The zero-order valence-electron chi connectivity index (χ0n) is 8.52. The molecule has 0 radical (unpaired) electrons. The van der Waals surface area contributed by atoms with Crippen LogP contribution in [0.1, 0.15) is 12.5 Å². The van der Waals surface area contributed by atoms with E-state index in [2.05, 4.69) is 5.32 Å². The molecule has 7 heteroatoms. The van der Waals surface area contributed by atoms with Crippen LogP contribution in [-0.4, -0.2) is 6.54 Å². The lowest BCUT2D eigenvalue weighted by atomic mass is 10.2. The Morgan fingerprint density at radius 1 is 1.12 bits per heavy atom. The first-order valence-electron chi connectivity index (χ1n) is 4.56. The Hall–Kier alpha value is -0.820. The van der Waals surface area contributed by atoms with Crippen LogP contribution >= 0.6 is 10.2 Å². The van der Waals surface area contributed by atoms with Crippen LogP contribution in [0.2, 0.25) is 0 Å². The molecular formula is C9H12F5NS. The quantitative estimate of drug-likeness (QED) is 0.789. The van der Waals surface area contributed by atoms with Gasteiger partial charge in [0.05, 0.1) is 0 Å². The standard InChI is InChI=1S/C9H12F5NS/c1-2-15-7-8-4-3-5-9(6-8)16(10,11,12,13)14/h3-6,15H,2,7H2,1H3. The summed E-state index contributed by atoms with van der Waals surface area (Å²) in [6.45, 7) is 2.47. The summed E-state index contributed by atoms with van der Waals surface area (Å²) in [6, 6.07) is 3.25. The summed E-state index contributed by atoms with van der Waals surface area (Å²) in [4.78, 5) is -1.84. The van der Waals surface area contributed by atoms with Gasteiger partial charge in [-0.15, -0.1) is 0 Å². The van der Waals surface area contributed by atoms with Crippen molar-refractivity contribution in [2.75, 3.05) is 6.54 Å². The Morgan fingerprint density at radius 3 is 2.25 bits per heavy atom.